The van der Waals surface area contributed by atoms with Crippen molar-refractivity contribution >= 4 is 23.2 Å². The zero-order chi connectivity index (χ0) is 17.5. The summed E-state index contributed by atoms with van der Waals surface area (Å²) in [5.41, 5.74) is 5.80. The molecular weight excluding hydrogens is 328 g/mol. The first-order chi connectivity index (χ1) is 11.5. The Morgan fingerprint density at radius 2 is 1.79 bits per heavy atom. The monoisotopic (exact) mass is 348 g/mol. The largest absolute Gasteiger partial charge is 0.487 e. The predicted octanol–water partition coefficient (Wildman–Crippen LogP) is 2.68. The smallest absolute Gasteiger partial charge is 0.330 e. The van der Waals surface area contributed by atoms with Crippen LogP contribution in [0.5, 0.6) is 5.06 Å². The highest BCUT2D eigenvalue weighted by atomic mass is 32.1. The number of benzene rings is 1. The maximum Gasteiger partial charge on any atom is 0.330 e. The fourth-order valence-corrected chi connectivity index (χ4v) is 2.81. The van der Waals surface area contributed by atoms with Crippen LogP contribution in [0.4, 0.5) is 0 Å². The molecule has 0 aliphatic carbocycles. The van der Waals surface area contributed by atoms with E-state index in [0.29, 0.717) is 15.5 Å². The van der Waals surface area contributed by atoms with Crippen molar-refractivity contribution in [3.8, 4) is 5.06 Å². The van der Waals surface area contributed by atoms with Crippen LogP contribution in [0, 0.1) is 0 Å². The van der Waals surface area contributed by atoms with Gasteiger partial charge in [-0.25, -0.2) is 10.2 Å². The molecular formula is C17H20N2O4S. The molecule has 1 amide bonds. The lowest BCUT2D eigenvalue weighted by molar-refractivity contribution is -0.150. The second kappa shape index (κ2) is 8.47. The molecule has 128 valence electrons. The van der Waals surface area contributed by atoms with Crippen LogP contribution in [0.1, 0.15) is 35.1 Å². The molecule has 1 aromatic heterocycles. The predicted molar refractivity (Wildman–Crippen MR) is 91.9 cm³/mol. The minimum Gasteiger partial charge on any atom is -0.487 e. The summed E-state index contributed by atoms with van der Waals surface area (Å²) < 4.78 is 10.4. The van der Waals surface area contributed by atoms with E-state index in [-0.39, 0.29) is 12.0 Å². The first-order valence-electron chi connectivity index (χ1n) is 7.46. The van der Waals surface area contributed by atoms with Crippen LogP contribution in [0.15, 0.2) is 42.5 Å². The van der Waals surface area contributed by atoms with Crippen molar-refractivity contribution in [1.82, 2.24) is 10.9 Å². The molecule has 7 heteroatoms. The van der Waals surface area contributed by atoms with E-state index in [9.17, 15) is 9.59 Å². The number of carbonyl (C=O) groups is 2. The quantitative estimate of drug-likeness (QED) is 0.594. The van der Waals surface area contributed by atoms with Gasteiger partial charge in [-0.15, -0.1) is 11.3 Å². The number of esters is 1. The Morgan fingerprint density at radius 3 is 2.38 bits per heavy atom. The Hall–Kier alpha value is -2.38. The molecule has 0 bridgehead atoms. The first-order valence-corrected chi connectivity index (χ1v) is 8.28. The number of nitrogens with one attached hydrogen (secondary N) is 2. The molecule has 6 nitrogen and oxygen atoms in total. The van der Waals surface area contributed by atoms with Gasteiger partial charge in [-0.05, 0) is 38.1 Å². The summed E-state index contributed by atoms with van der Waals surface area (Å²) in [5, 5.41) is 0.670. The maximum atomic E-state index is 12.3. The number of thiophene rings is 1. The Labute approximate surface area is 144 Å². The zero-order valence-electron chi connectivity index (χ0n) is 13.7. The molecule has 0 unspecified atom stereocenters. The molecule has 1 aromatic carbocycles. The number of hydrazine groups is 1. The Bertz CT molecular complexity index is 685. The molecule has 0 aliphatic rings. The molecule has 0 saturated heterocycles. The summed E-state index contributed by atoms with van der Waals surface area (Å²) >= 11 is 1.31. The third-order valence-corrected chi connectivity index (χ3v) is 4.15. The van der Waals surface area contributed by atoms with Gasteiger partial charge in [0.05, 0.1) is 13.2 Å². The fraction of sp³-hybridized carbons (Fsp3) is 0.294. The molecule has 0 aliphatic heterocycles. The van der Waals surface area contributed by atoms with E-state index >= 15 is 0 Å². The number of ether oxygens (including phenoxy) is 2. The third kappa shape index (κ3) is 4.81. The number of amides is 1. The van der Waals surface area contributed by atoms with Crippen molar-refractivity contribution in [1.29, 1.82) is 0 Å². The van der Waals surface area contributed by atoms with E-state index in [1.165, 1.54) is 11.3 Å². The van der Waals surface area contributed by atoms with Crippen LogP contribution in [-0.2, 0) is 9.53 Å². The van der Waals surface area contributed by atoms with Crippen LogP contribution in [0.25, 0.3) is 0 Å². The lowest BCUT2D eigenvalue weighted by Crippen LogP contribution is -2.43. The second-order valence-corrected chi connectivity index (χ2v) is 6.32. The van der Waals surface area contributed by atoms with Gasteiger partial charge in [-0.3, -0.25) is 10.2 Å². The van der Waals surface area contributed by atoms with E-state index in [1.54, 1.807) is 57.4 Å². The van der Waals surface area contributed by atoms with Gasteiger partial charge < -0.3 is 9.47 Å². The topological polar surface area (TPSA) is 76.7 Å². The molecule has 1 heterocycles. The summed E-state index contributed by atoms with van der Waals surface area (Å²) in [6.45, 7) is 3.54. The SMILES string of the molecule is COc1ccc([C@@H](NNC(=O)c2ccccc2)C(=O)OC(C)C)s1. The molecule has 2 rings (SSSR count). The van der Waals surface area contributed by atoms with Crippen molar-refractivity contribution in [3.63, 3.8) is 0 Å². The number of hydrogen-bond acceptors (Lipinski definition) is 6. The van der Waals surface area contributed by atoms with Gasteiger partial charge in [0.15, 0.2) is 11.1 Å². The van der Waals surface area contributed by atoms with Crippen LogP contribution in [0.3, 0.4) is 0 Å². The van der Waals surface area contributed by atoms with E-state index in [4.69, 9.17) is 9.47 Å². The highest BCUT2D eigenvalue weighted by Gasteiger charge is 2.25. The number of hydrogen-bond donors (Lipinski definition) is 2. The number of rotatable bonds is 7. The summed E-state index contributed by atoms with van der Waals surface area (Å²) in [4.78, 5) is 25.2. The van der Waals surface area contributed by atoms with Gasteiger partial charge in [0.25, 0.3) is 5.91 Å². The molecule has 0 radical (unpaired) electrons. The van der Waals surface area contributed by atoms with Crippen LogP contribution >= 0.6 is 11.3 Å². The maximum absolute atomic E-state index is 12.3. The van der Waals surface area contributed by atoms with Gasteiger partial charge >= 0.3 is 5.97 Å². The van der Waals surface area contributed by atoms with Crippen molar-refractivity contribution in [2.45, 2.75) is 26.0 Å². The van der Waals surface area contributed by atoms with Gasteiger partial charge in [-0.2, -0.15) is 0 Å². The molecule has 0 fully saturated rings. The summed E-state index contributed by atoms with van der Waals surface area (Å²) in [5.74, 6) is -0.802. The molecule has 2 aromatic rings. The van der Waals surface area contributed by atoms with Crippen molar-refractivity contribution < 1.29 is 19.1 Å². The van der Waals surface area contributed by atoms with Crippen LogP contribution in [0.2, 0.25) is 0 Å². The average Bonchev–Trinajstić information content (AvgIpc) is 3.04. The highest BCUT2D eigenvalue weighted by molar-refractivity contribution is 7.14. The van der Waals surface area contributed by atoms with Crippen molar-refractivity contribution in [2.75, 3.05) is 7.11 Å². The first kappa shape index (κ1) is 18.0. The van der Waals surface area contributed by atoms with Gasteiger partial charge in [0.2, 0.25) is 0 Å². The van der Waals surface area contributed by atoms with Gasteiger partial charge in [0.1, 0.15) is 0 Å². The Morgan fingerprint density at radius 1 is 1.08 bits per heavy atom. The second-order valence-electron chi connectivity index (χ2n) is 5.24. The highest BCUT2D eigenvalue weighted by Crippen LogP contribution is 2.29. The number of methoxy groups -OCH3 is 1. The summed E-state index contributed by atoms with van der Waals surface area (Å²) in [6.07, 6.45) is -0.256. The third-order valence-electron chi connectivity index (χ3n) is 3.04. The Balaban J connectivity index is 2.10. The van der Waals surface area contributed by atoms with Gasteiger partial charge in [0, 0.05) is 10.4 Å². The van der Waals surface area contributed by atoms with Crippen LogP contribution in [-0.4, -0.2) is 25.1 Å². The van der Waals surface area contributed by atoms with E-state index in [2.05, 4.69) is 10.9 Å². The molecule has 0 spiro atoms. The van der Waals surface area contributed by atoms with E-state index in [0.717, 1.165) is 0 Å². The fourth-order valence-electron chi connectivity index (χ4n) is 1.95. The summed E-state index contributed by atoms with van der Waals surface area (Å²) in [6, 6.07) is 11.4. The molecule has 2 N–H and O–H groups in total. The summed E-state index contributed by atoms with van der Waals surface area (Å²) in [7, 11) is 1.56. The number of carbonyl (C=O) groups excluding carboxylic acids is 2. The van der Waals surface area contributed by atoms with E-state index < -0.39 is 12.0 Å². The lowest BCUT2D eigenvalue weighted by atomic mass is 10.2. The Kier molecular flexibility index (Phi) is 6.34. The minimum absolute atomic E-state index is 0.256. The van der Waals surface area contributed by atoms with Crippen molar-refractivity contribution in [3.05, 3.63) is 52.9 Å². The normalized spacial score (nSPS) is 11.8. The van der Waals surface area contributed by atoms with E-state index in [1.807, 2.05) is 6.07 Å². The lowest BCUT2D eigenvalue weighted by Gasteiger charge is -2.18. The standard InChI is InChI=1S/C17H20N2O4S/c1-11(2)23-17(21)15(13-9-10-14(22-3)24-13)18-19-16(20)12-7-5-4-6-8-12/h4-11,15,18H,1-3H3,(H,19,20)/t15-/m1/s1. The van der Waals surface area contributed by atoms with Gasteiger partial charge in [-0.1, -0.05) is 18.2 Å². The molecule has 1 atom stereocenters. The van der Waals surface area contributed by atoms with Crippen LogP contribution < -0.4 is 15.6 Å². The molecule has 0 saturated carbocycles. The minimum atomic E-state index is -0.811. The average molecular weight is 348 g/mol. The van der Waals surface area contributed by atoms with Crippen molar-refractivity contribution in [2.24, 2.45) is 0 Å². The zero-order valence-corrected chi connectivity index (χ0v) is 14.6. The molecule has 24 heavy (non-hydrogen) atoms.